The number of hydrogen-bond donors (Lipinski definition) is 0. The summed E-state index contributed by atoms with van der Waals surface area (Å²) >= 11 is 2.14. The third kappa shape index (κ3) is 3.21. The van der Waals surface area contributed by atoms with Crippen molar-refractivity contribution in [1.29, 1.82) is 0 Å². The van der Waals surface area contributed by atoms with E-state index in [-0.39, 0.29) is 5.43 Å². The molecule has 0 fully saturated rings. The second kappa shape index (κ2) is 7.40. The van der Waals surface area contributed by atoms with Crippen molar-refractivity contribution in [2.24, 2.45) is 0 Å². The first-order valence-corrected chi connectivity index (χ1v) is 11.0. The van der Waals surface area contributed by atoms with E-state index in [4.69, 9.17) is 18.4 Å². The first-order valence-electron chi connectivity index (χ1n) is 6.98. The molecule has 0 aliphatic carbocycles. The quantitative estimate of drug-likeness (QED) is 0.408. The predicted octanol–water partition coefficient (Wildman–Crippen LogP) is 4.80. The summed E-state index contributed by atoms with van der Waals surface area (Å²) in [4.78, 5) is 12.8. The van der Waals surface area contributed by atoms with Crippen molar-refractivity contribution >= 4 is 39.5 Å². The normalized spacial score (nSPS) is 11.1. The molecule has 1 unspecified atom stereocenters. The van der Waals surface area contributed by atoms with Crippen LogP contribution in [0.15, 0.2) is 51.9 Å². The molecule has 3 aromatic rings. The van der Waals surface area contributed by atoms with Crippen molar-refractivity contribution in [3.05, 3.63) is 52.9 Å². The van der Waals surface area contributed by atoms with E-state index >= 15 is 0 Å². The lowest BCUT2D eigenvalue weighted by molar-refractivity contribution is 0.355. The molecule has 0 aliphatic heterocycles. The molecule has 24 heavy (non-hydrogen) atoms. The summed E-state index contributed by atoms with van der Waals surface area (Å²) in [6.07, 6.45) is 1.46. The zero-order valence-corrected chi connectivity index (χ0v) is 16.1. The van der Waals surface area contributed by atoms with Crippen molar-refractivity contribution < 1.29 is 18.4 Å². The van der Waals surface area contributed by atoms with E-state index in [1.807, 2.05) is 0 Å². The van der Waals surface area contributed by atoms with Crippen LogP contribution < -0.4 is 19.4 Å². The Morgan fingerprint density at radius 1 is 1.04 bits per heavy atom. The lowest BCUT2D eigenvalue weighted by Gasteiger charge is -2.10. The fourth-order valence-electron chi connectivity index (χ4n) is 2.42. The summed E-state index contributed by atoms with van der Waals surface area (Å²) < 4.78 is 21.6. The first kappa shape index (κ1) is 17.0. The molecular formula is C17H14IO5P. The van der Waals surface area contributed by atoms with Gasteiger partial charge < -0.3 is 18.4 Å². The highest BCUT2D eigenvalue weighted by Gasteiger charge is 2.12. The number of benzene rings is 2. The van der Waals surface area contributed by atoms with Crippen molar-refractivity contribution in [1.82, 2.24) is 0 Å². The van der Waals surface area contributed by atoms with E-state index in [2.05, 4.69) is 22.0 Å². The van der Waals surface area contributed by atoms with Crippen LogP contribution in [0.3, 0.4) is 0 Å². The van der Waals surface area contributed by atoms with Crippen LogP contribution in [-0.2, 0) is 0 Å². The van der Waals surface area contributed by atoms with Gasteiger partial charge in [0.1, 0.15) is 24.0 Å². The van der Waals surface area contributed by atoms with E-state index in [0.29, 0.717) is 45.8 Å². The van der Waals surface area contributed by atoms with Crippen molar-refractivity contribution in [2.45, 2.75) is 0 Å². The summed E-state index contributed by atoms with van der Waals surface area (Å²) in [5.74, 6) is 1.84. The molecule has 0 saturated heterocycles. The van der Waals surface area contributed by atoms with Gasteiger partial charge in [0.25, 0.3) is 0 Å². The Morgan fingerprint density at radius 3 is 2.54 bits per heavy atom. The fourth-order valence-corrected chi connectivity index (χ4v) is 3.40. The molecule has 1 aromatic heterocycles. The molecule has 0 amide bonds. The monoisotopic (exact) mass is 456 g/mol. The van der Waals surface area contributed by atoms with Crippen molar-refractivity contribution in [3.8, 4) is 28.4 Å². The van der Waals surface area contributed by atoms with Gasteiger partial charge >= 0.3 is 0 Å². The van der Waals surface area contributed by atoms with E-state index in [1.54, 1.807) is 50.6 Å². The topological polar surface area (TPSA) is 57.9 Å². The molecule has 0 aliphatic rings. The number of methoxy groups -OCH3 is 2. The molecule has 1 atom stereocenters. The largest absolute Gasteiger partial charge is 0.493 e. The van der Waals surface area contributed by atoms with Gasteiger partial charge in [0.15, 0.2) is 16.9 Å². The lowest BCUT2D eigenvalue weighted by atomic mass is 10.0. The summed E-state index contributed by atoms with van der Waals surface area (Å²) in [5, 5.41) is 0.506. The zero-order chi connectivity index (χ0) is 17.1. The van der Waals surface area contributed by atoms with E-state index in [0.717, 1.165) is 0 Å². The molecule has 3 rings (SSSR count). The molecule has 0 radical (unpaired) electrons. The molecule has 5 nitrogen and oxygen atoms in total. The van der Waals surface area contributed by atoms with Crippen molar-refractivity contribution in [2.75, 3.05) is 14.2 Å². The molecule has 2 aromatic carbocycles. The summed E-state index contributed by atoms with van der Waals surface area (Å²) in [6, 6.07) is 10.5. The molecular weight excluding hydrogens is 442 g/mol. The summed E-state index contributed by atoms with van der Waals surface area (Å²) in [7, 11) is 3.12. The van der Waals surface area contributed by atoms with Gasteiger partial charge in [-0.1, -0.05) is 6.07 Å². The Balaban J connectivity index is 2.12. The van der Waals surface area contributed by atoms with Crippen LogP contribution in [0.5, 0.6) is 17.2 Å². The lowest BCUT2D eigenvalue weighted by Crippen LogP contribution is -2.05. The second-order valence-corrected chi connectivity index (χ2v) is 6.57. The van der Waals surface area contributed by atoms with Gasteiger partial charge in [-0.25, -0.2) is 0 Å². The van der Waals surface area contributed by atoms with Crippen LogP contribution >= 0.6 is 28.5 Å². The highest BCUT2D eigenvalue weighted by Crippen LogP contribution is 2.33. The van der Waals surface area contributed by atoms with E-state index in [1.165, 1.54) is 6.26 Å². The Labute approximate surface area is 153 Å². The van der Waals surface area contributed by atoms with Crippen LogP contribution in [0, 0.1) is 0 Å². The van der Waals surface area contributed by atoms with Crippen molar-refractivity contribution in [3.63, 3.8) is 0 Å². The van der Waals surface area contributed by atoms with Crippen LogP contribution in [-0.4, -0.2) is 14.2 Å². The average Bonchev–Trinajstić information content (AvgIpc) is 2.61. The number of hydrogen-bond acceptors (Lipinski definition) is 5. The maximum absolute atomic E-state index is 12.8. The third-order valence-electron chi connectivity index (χ3n) is 3.60. The Bertz CT molecular complexity index is 938. The molecule has 0 spiro atoms. The third-order valence-corrected chi connectivity index (χ3v) is 4.57. The van der Waals surface area contributed by atoms with Crippen LogP contribution in [0.4, 0.5) is 0 Å². The average molecular weight is 456 g/mol. The minimum Gasteiger partial charge on any atom is -0.493 e. The molecule has 0 saturated carbocycles. The van der Waals surface area contributed by atoms with Gasteiger partial charge in [-0.3, -0.25) is 4.79 Å². The molecule has 0 N–H and O–H groups in total. The Hall–Kier alpha value is -1.79. The van der Waals surface area contributed by atoms with Gasteiger partial charge in [0.2, 0.25) is 0 Å². The minimum absolute atomic E-state index is 0.105. The van der Waals surface area contributed by atoms with Gasteiger partial charge in [0, 0.05) is 6.07 Å². The Morgan fingerprint density at radius 2 is 1.83 bits per heavy atom. The molecule has 0 bridgehead atoms. The fraction of sp³-hybridized carbons (Fsp3) is 0.118. The zero-order valence-electron chi connectivity index (χ0n) is 13.0. The van der Waals surface area contributed by atoms with Gasteiger partial charge in [0.05, 0.1) is 25.2 Å². The maximum atomic E-state index is 12.8. The SMILES string of the molecule is COc1ccc(-c2coc3cc(OPI)ccc3c2=O)cc1OC. The van der Waals surface area contributed by atoms with Crippen LogP contribution in [0.2, 0.25) is 0 Å². The van der Waals surface area contributed by atoms with Crippen LogP contribution in [0.1, 0.15) is 0 Å². The first-order chi connectivity index (χ1) is 11.7. The number of fused-ring (bicyclic) bond motifs is 1. The van der Waals surface area contributed by atoms with Crippen LogP contribution in [0.25, 0.3) is 22.1 Å². The second-order valence-electron chi connectivity index (χ2n) is 4.89. The maximum Gasteiger partial charge on any atom is 0.200 e. The summed E-state index contributed by atoms with van der Waals surface area (Å²) in [5.41, 5.74) is 1.56. The highest BCUT2D eigenvalue weighted by atomic mass is 127. The van der Waals surface area contributed by atoms with Gasteiger partial charge in [-0.15, -0.1) is 0 Å². The highest BCUT2D eigenvalue weighted by molar-refractivity contribution is 14.2. The molecule has 7 heteroatoms. The smallest absolute Gasteiger partial charge is 0.200 e. The molecule has 1 heterocycles. The van der Waals surface area contributed by atoms with Gasteiger partial charge in [-0.2, -0.15) is 0 Å². The van der Waals surface area contributed by atoms with Gasteiger partial charge in [-0.05, 0) is 51.9 Å². The van der Waals surface area contributed by atoms with E-state index < -0.39 is 0 Å². The Kier molecular flexibility index (Phi) is 5.26. The molecule has 124 valence electrons. The summed E-state index contributed by atoms with van der Waals surface area (Å²) in [6.45, 7) is 0.300. The number of ether oxygens (including phenoxy) is 2. The number of rotatable bonds is 5. The van der Waals surface area contributed by atoms with E-state index in [9.17, 15) is 4.79 Å². The number of halogens is 1. The minimum atomic E-state index is -0.105. The predicted molar refractivity (Wildman–Crippen MR) is 104 cm³/mol. The standard InChI is InChI=1S/C17H14IO5P/c1-20-14-6-3-10(7-16(14)21-2)13-9-22-15-8-11(23-24-18)4-5-12(15)17(13)19/h3-9,24H,1-2H3.